The summed E-state index contributed by atoms with van der Waals surface area (Å²) in [7, 11) is 0. The van der Waals surface area contributed by atoms with Crippen molar-refractivity contribution in [1.82, 2.24) is 5.32 Å². The van der Waals surface area contributed by atoms with E-state index in [0.29, 0.717) is 29.3 Å². The fourth-order valence-electron chi connectivity index (χ4n) is 2.60. The number of halogens is 3. The highest BCUT2D eigenvalue weighted by Gasteiger charge is 2.19. The molecule has 0 aliphatic heterocycles. The summed E-state index contributed by atoms with van der Waals surface area (Å²) in [6, 6.07) is 9.04. The van der Waals surface area contributed by atoms with Crippen LogP contribution in [0.5, 0.6) is 5.75 Å². The molecule has 0 aliphatic carbocycles. The number of nitrogens with one attached hydrogen (secondary N) is 1. The molecule has 0 spiro atoms. The molecule has 0 fully saturated rings. The second-order valence-electron chi connectivity index (χ2n) is 6.68. The van der Waals surface area contributed by atoms with Crippen LogP contribution in [0, 0.1) is 11.7 Å². The normalized spacial score (nSPS) is 12.2. The molecule has 1 unspecified atom stereocenters. The lowest BCUT2D eigenvalue weighted by atomic mass is 10.0. The molecule has 0 aromatic heterocycles. The Hall–Kier alpha value is -1.63. The van der Waals surface area contributed by atoms with Crippen LogP contribution in [0.1, 0.15) is 31.4 Å². The maximum atomic E-state index is 13.2. The van der Waals surface area contributed by atoms with Crippen LogP contribution < -0.4 is 10.1 Å². The van der Waals surface area contributed by atoms with Gasteiger partial charge in [-0.05, 0) is 42.7 Å². The monoisotopic (exact) mass is 457 g/mol. The van der Waals surface area contributed by atoms with E-state index in [2.05, 4.69) is 21.2 Å². The maximum absolute atomic E-state index is 13.2. The third kappa shape index (κ3) is 6.79. The van der Waals surface area contributed by atoms with Crippen molar-refractivity contribution in [2.45, 2.75) is 39.5 Å². The topological polar surface area (TPSA) is 58.6 Å². The molecule has 27 heavy (non-hydrogen) atoms. The average Bonchev–Trinajstić information content (AvgIpc) is 2.58. The van der Waals surface area contributed by atoms with E-state index in [0.717, 1.165) is 10.0 Å². The lowest BCUT2D eigenvalue weighted by Crippen LogP contribution is -2.37. The molecule has 0 radical (unpaired) electrons. The fraction of sp³-hybridized carbons (Fsp3) is 0.350. The molecule has 0 bridgehead atoms. The molecular weight excluding hydrogens is 437 g/mol. The Morgan fingerprint density at radius 2 is 2.00 bits per heavy atom. The number of carboxylic acid groups (broad SMARTS) is 1. The molecule has 2 aromatic rings. The van der Waals surface area contributed by atoms with Gasteiger partial charge in [-0.1, -0.05) is 47.4 Å². The number of rotatable bonds is 9. The Morgan fingerprint density at radius 1 is 1.26 bits per heavy atom. The summed E-state index contributed by atoms with van der Waals surface area (Å²) in [5.41, 5.74) is 1.49. The first-order chi connectivity index (χ1) is 12.8. The standard InChI is InChI=1S/C20H22BrClFNO3/c1-12(2)7-18(20(25)26)24-10-14-8-15(21)4-6-19(14)27-11-13-3-5-16(23)9-17(13)22/h3-6,8-9,12,18,24H,7,10-11H2,1-2H3,(H,25,26). The van der Waals surface area contributed by atoms with E-state index in [9.17, 15) is 14.3 Å². The molecule has 2 N–H and O–H groups in total. The number of aliphatic carboxylic acids is 1. The summed E-state index contributed by atoms with van der Waals surface area (Å²) < 4.78 is 19.9. The molecule has 146 valence electrons. The number of carbonyl (C=O) groups is 1. The summed E-state index contributed by atoms with van der Waals surface area (Å²) in [5.74, 6) is -0.404. The molecule has 0 amide bonds. The van der Waals surface area contributed by atoms with Gasteiger partial charge in [-0.2, -0.15) is 0 Å². The van der Waals surface area contributed by atoms with Crippen molar-refractivity contribution in [3.63, 3.8) is 0 Å². The quantitative estimate of drug-likeness (QED) is 0.527. The molecule has 4 nitrogen and oxygen atoms in total. The van der Waals surface area contributed by atoms with E-state index < -0.39 is 17.8 Å². The van der Waals surface area contributed by atoms with Gasteiger partial charge in [0.1, 0.15) is 24.2 Å². The first-order valence-corrected chi connectivity index (χ1v) is 9.74. The summed E-state index contributed by atoms with van der Waals surface area (Å²) in [4.78, 5) is 11.4. The summed E-state index contributed by atoms with van der Waals surface area (Å²) >= 11 is 9.47. The molecule has 0 saturated carbocycles. The largest absolute Gasteiger partial charge is 0.489 e. The lowest BCUT2D eigenvalue weighted by Gasteiger charge is -2.18. The minimum Gasteiger partial charge on any atom is -0.489 e. The van der Waals surface area contributed by atoms with E-state index in [1.54, 1.807) is 12.1 Å². The Bertz CT molecular complexity index is 801. The van der Waals surface area contributed by atoms with Gasteiger partial charge in [-0.15, -0.1) is 0 Å². The molecule has 2 aromatic carbocycles. The third-order valence-electron chi connectivity index (χ3n) is 3.96. The van der Waals surface area contributed by atoms with Crippen LogP contribution in [-0.4, -0.2) is 17.1 Å². The van der Waals surface area contributed by atoms with Crippen molar-refractivity contribution in [3.05, 3.63) is 62.8 Å². The van der Waals surface area contributed by atoms with E-state index in [-0.39, 0.29) is 12.5 Å². The van der Waals surface area contributed by atoms with Gasteiger partial charge < -0.3 is 15.2 Å². The summed E-state index contributed by atoms with van der Waals surface area (Å²) in [6.07, 6.45) is 0.532. The third-order valence-corrected chi connectivity index (χ3v) is 4.81. The first kappa shape index (κ1) is 21.7. The fourth-order valence-corrected chi connectivity index (χ4v) is 3.23. The zero-order valence-corrected chi connectivity index (χ0v) is 17.5. The van der Waals surface area contributed by atoms with Crippen molar-refractivity contribution in [2.75, 3.05) is 0 Å². The zero-order valence-electron chi connectivity index (χ0n) is 15.1. The van der Waals surface area contributed by atoms with E-state index in [1.165, 1.54) is 12.1 Å². The van der Waals surface area contributed by atoms with Gasteiger partial charge in [-0.25, -0.2) is 4.39 Å². The van der Waals surface area contributed by atoms with Gasteiger partial charge in [0.25, 0.3) is 0 Å². The molecule has 0 aliphatic rings. The lowest BCUT2D eigenvalue weighted by molar-refractivity contribution is -0.140. The van der Waals surface area contributed by atoms with E-state index in [4.69, 9.17) is 16.3 Å². The van der Waals surface area contributed by atoms with Crippen LogP contribution >= 0.6 is 27.5 Å². The minimum absolute atomic E-state index is 0.183. The predicted molar refractivity (Wildman–Crippen MR) is 108 cm³/mol. The molecular formula is C20H22BrClFNO3. The van der Waals surface area contributed by atoms with Crippen molar-refractivity contribution in [1.29, 1.82) is 0 Å². The number of carboxylic acids is 1. The predicted octanol–water partition coefficient (Wildman–Crippen LogP) is 5.41. The highest BCUT2D eigenvalue weighted by Crippen LogP contribution is 2.26. The number of ether oxygens (including phenoxy) is 1. The van der Waals surface area contributed by atoms with Gasteiger partial charge in [0.2, 0.25) is 0 Å². The van der Waals surface area contributed by atoms with Crippen LogP contribution in [0.25, 0.3) is 0 Å². The molecule has 0 heterocycles. The Kier molecular flexibility index (Phi) is 8.07. The highest BCUT2D eigenvalue weighted by atomic mass is 79.9. The zero-order chi connectivity index (χ0) is 20.0. The van der Waals surface area contributed by atoms with Gasteiger partial charge in [-0.3, -0.25) is 4.79 Å². The summed E-state index contributed by atoms with van der Waals surface area (Å²) in [5, 5.41) is 12.8. The van der Waals surface area contributed by atoms with Gasteiger partial charge in [0.05, 0.1) is 5.02 Å². The van der Waals surface area contributed by atoms with Gasteiger partial charge >= 0.3 is 5.97 Å². The van der Waals surface area contributed by atoms with Crippen LogP contribution in [0.2, 0.25) is 5.02 Å². The summed E-state index contributed by atoms with van der Waals surface area (Å²) in [6.45, 7) is 4.49. The maximum Gasteiger partial charge on any atom is 0.320 e. The van der Waals surface area contributed by atoms with Crippen LogP contribution in [0.3, 0.4) is 0 Å². The van der Waals surface area contributed by atoms with Crippen LogP contribution in [0.15, 0.2) is 40.9 Å². The van der Waals surface area contributed by atoms with Crippen molar-refractivity contribution < 1.29 is 19.0 Å². The Morgan fingerprint density at radius 3 is 2.63 bits per heavy atom. The number of hydrogen-bond acceptors (Lipinski definition) is 3. The van der Waals surface area contributed by atoms with E-state index >= 15 is 0 Å². The molecule has 0 saturated heterocycles. The molecule has 2 rings (SSSR count). The minimum atomic E-state index is -0.876. The SMILES string of the molecule is CC(C)CC(NCc1cc(Br)ccc1OCc1ccc(F)cc1Cl)C(=O)O. The second kappa shape index (κ2) is 10.1. The average molecular weight is 459 g/mol. The van der Waals surface area contributed by atoms with Gasteiger partial charge in [0.15, 0.2) is 0 Å². The smallest absolute Gasteiger partial charge is 0.320 e. The Balaban J connectivity index is 2.10. The van der Waals surface area contributed by atoms with Crippen molar-refractivity contribution >= 4 is 33.5 Å². The van der Waals surface area contributed by atoms with Crippen molar-refractivity contribution in [2.24, 2.45) is 5.92 Å². The first-order valence-electron chi connectivity index (χ1n) is 8.57. The van der Waals surface area contributed by atoms with Crippen LogP contribution in [0.4, 0.5) is 4.39 Å². The number of hydrogen-bond donors (Lipinski definition) is 2. The molecule has 1 atom stereocenters. The van der Waals surface area contributed by atoms with Crippen molar-refractivity contribution in [3.8, 4) is 5.75 Å². The van der Waals surface area contributed by atoms with Gasteiger partial charge in [0, 0.05) is 22.1 Å². The molecule has 7 heteroatoms. The number of benzene rings is 2. The highest BCUT2D eigenvalue weighted by molar-refractivity contribution is 9.10. The second-order valence-corrected chi connectivity index (χ2v) is 8.00. The van der Waals surface area contributed by atoms with Crippen LogP contribution in [-0.2, 0) is 17.9 Å². The van der Waals surface area contributed by atoms with E-state index in [1.807, 2.05) is 26.0 Å². The Labute approximate surface area is 171 Å².